The number of carbonyl (C=O) groups is 1. The molecule has 5 nitrogen and oxygen atoms in total. The van der Waals surface area contributed by atoms with Gasteiger partial charge in [0.15, 0.2) is 0 Å². The van der Waals surface area contributed by atoms with E-state index in [0.717, 1.165) is 6.54 Å². The van der Waals surface area contributed by atoms with Gasteiger partial charge in [0.1, 0.15) is 11.6 Å². The second kappa shape index (κ2) is 7.65. The van der Waals surface area contributed by atoms with Crippen LogP contribution in [0.3, 0.4) is 0 Å². The Kier molecular flexibility index (Phi) is 7.18. The number of rotatable bonds is 5. The smallest absolute Gasteiger partial charge is 0.410 e. The highest BCUT2D eigenvalue weighted by molar-refractivity contribution is 5.69. The van der Waals surface area contributed by atoms with Gasteiger partial charge in [0.2, 0.25) is 0 Å². The van der Waals surface area contributed by atoms with E-state index < -0.39 is 17.2 Å². The van der Waals surface area contributed by atoms with Gasteiger partial charge in [-0.15, -0.1) is 0 Å². The summed E-state index contributed by atoms with van der Waals surface area (Å²) in [6.07, 6.45) is -0.387. The number of amides is 1. The minimum absolute atomic E-state index is 0.307. The van der Waals surface area contributed by atoms with E-state index >= 15 is 0 Å². The molecule has 0 saturated carbocycles. The van der Waals surface area contributed by atoms with Crippen LogP contribution in [0.25, 0.3) is 0 Å². The quantitative estimate of drug-likeness (QED) is 0.846. The van der Waals surface area contributed by atoms with Gasteiger partial charge in [0.25, 0.3) is 0 Å². The molecule has 21 heavy (non-hydrogen) atoms. The van der Waals surface area contributed by atoms with Crippen LogP contribution >= 0.6 is 0 Å². The predicted molar refractivity (Wildman–Crippen MR) is 84.9 cm³/mol. The third-order valence-electron chi connectivity index (χ3n) is 2.72. The van der Waals surface area contributed by atoms with E-state index in [1.165, 1.54) is 0 Å². The number of carbonyl (C=O) groups excluding carboxylic acids is 1. The minimum atomic E-state index is -0.548. The Morgan fingerprint density at radius 3 is 2.10 bits per heavy atom. The van der Waals surface area contributed by atoms with E-state index in [4.69, 9.17) is 4.74 Å². The standard InChI is InChI=1S/C16H31N3O2/c1-12(2)10-18-13(9-17)11-19(15(3,4)5)14(20)21-16(6,7)8/h12-13,18H,10-11H2,1-8H3. The minimum Gasteiger partial charge on any atom is -0.444 e. The molecule has 0 radical (unpaired) electrons. The number of nitrogens with one attached hydrogen (secondary N) is 1. The first kappa shape index (κ1) is 19.7. The van der Waals surface area contributed by atoms with E-state index in [1.807, 2.05) is 41.5 Å². The zero-order valence-corrected chi connectivity index (χ0v) is 14.8. The topological polar surface area (TPSA) is 65.4 Å². The summed E-state index contributed by atoms with van der Waals surface area (Å²) in [7, 11) is 0. The molecular weight excluding hydrogens is 266 g/mol. The molecule has 0 saturated heterocycles. The molecule has 0 heterocycles. The molecule has 122 valence electrons. The normalized spacial score (nSPS) is 13.7. The van der Waals surface area contributed by atoms with Crippen molar-refractivity contribution in [3.8, 4) is 6.07 Å². The van der Waals surface area contributed by atoms with Crippen molar-refractivity contribution in [1.29, 1.82) is 5.26 Å². The molecule has 0 aromatic heterocycles. The van der Waals surface area contributed by atoms with Crippen LogP contribution in [0.5, 0.6) is 0 Å². The van der Waals surface area contributed by atoms with Crippen molar-refractivity contribution in [3.05, 3.63) is 0 Å². The van der Waals surface area contributed by atoms with Gasteiger partial charge in [-0.25, -0.2) is 4.79 Å². The highest BCUT2D eigenvalue weighted by Gasteiger charge is 2.32. The molecule has 1 atom stereocenters. The van der Waals surface area contributed by atoms with Crippen molar-refractivity contribution in [2.24, 2.45) is 5.92 Å². The molecule has 0 aliphatic heterocycles. The van der Waals surface area contributed by atoms with Crippen LogP contribution in [0, 0.1) is 17.2 Å². The SMILES string of the molecule is CC(C)CNC(C#N)CN(C(=O)OC(C)(C)C)C(C)(C)C. The molecule has 5 heteroatoms. The lowest BCUT2D eigenvalue weighted by atomic mass is 10.1. The Bertz CT molecular complexity index is 372. The van der Waals surface area contributed by atoms with Crippen molar-refractivity contribution in [2.75, 3.05) is 13.1 Å². The summed E-state index contributed by atoms with van der Waals surface area (Å²) in [6, 6.07) is 1.81. The van der Waals surface area contributed by atoms with Crippen LogP contribution in [-0.2, 0) is 4.74 Å². The Labute approximate surface area is 129 Å². The Morgan fingerprint density at radius 1 is 1.24 bits per heavy atom. The fourth-order valence-corrected chi connectivity index (χ4v) is 1.65. The van der Waals surface area contributed by atoms with Gasteiger partial charge in [-0.3, -0.25) is 0 Å². The summed E-state index contributed by atoms with van der Waals surface area (Å²) >= 11 is 0. The number of nitrogens with zero attached hydrogens (tertiary/aromatic N) is 2. The van der Waals surface area contributed by atoms with Crippen molar-refractivity contribution >= 4 is 6.09 Å². The van der Waals surface area contributed by atoms with Crippen LogP contribution in [0.15, 0.2) is 0 Å². The molecule has 0 aromatic carbocycles. The van der Waals surface area contributed by atoms with Gasteiger partial charge in [-0.1, -0.05) is 13.8 Å². The third-order valence-corrected chi connectivity index (χ3v) is 2.72. The van der Waals surface area contributed by atoms with Gasteiger partial charge < -0.3 is 15.0 Å². The summed E-state index contributed by atoms with van der Waals surface area (Å²) in [5.41, 5.74) is -0.953. The lowest BCUT2D eigenvalue weighted by Crippen LogP contribution is -2.53. The molecular formula is C16H31N3O2. The molecule has 1 unspecified atom stereocenters. The molecule has 0 fully saturated rings. The van der Waals surface area contributed by atoms with Crippen molar-refractivity contribution < 1.29 is 9.53 Å². The number of nitriles is 1. The van der Waals surface area contributed by atoms with Gasteiger partial charge in [-0.2, -0.15) is 5.26 Å². The third kappa shape index (κ3) is 8.56. The van der Waals surface area contributed by atoms with Crippen LogP contribution < -0.4 is 5.32 Å². The maximum Gasteiger partial charge on any atom is 0.410 e. The Morgan fingerprint density at radius 2 is 1.76 bits per heavy atom. The molecule has 0 aliphatic rings. The molecule has 0 rings (SSSR count). The zero-order valence-electron chi connectivity index (χ0n) is 14.8. The first-order chi connectivity index (χ1) is 9.36. The number of ether oxygens (including phenoxy) is 1. The highest BCUT2D eigenvalue weighted by Crippen LogP contribution is 2.18. The largest absolute Gasteiger partial charge is 0.444 e. The van der Waals surface area contributed by atoms with Crippen molar-refractivity contribution in [3.63, 3.8) is 0 Å². The average Bonchev–Trinajstić information content (AvgIpc) is 2.24. The van der Waals surface area contributed by atoms with Gasteiger partial charge >= 0.3 is 6.09 Å². The lowest BCUT2D eigenvalue weighted by molar-refractivity contribution is 0.00504. The molecule has 0 bridgehead atoms. The van der Waals surface area contributed by atoms with Gasteiger partial charge in [0.05, 0.1) is 12.6 Å². The second-order valence-electron chi connectivity index (χ2n) is 7.75. The lowest BCUT2D eigenvalue weighted by Gasteiger charge is -2.38. The summed E-state index contributed by atoms with van der Waals surface area (Å²) in [4.78, 5) is 14.0. The Balaban J connectivity index is 4.93. The van der Waals surface area contributed by atoms with Gasteiger partial charge in [-0.05, 0) is 54.0 Å². The van der Waals surface area contributed by atoms with Crippen molar-refractivity contribution in [1.82, 2.24) is 10.2 Å². The van der Waals surface area contributed by atoms with E-state index in [-0.39, 0.29) is 6.09 Å². The first-order valence-corrected chi connectivity index (χ1v) is 7.50. The van der Waals surface area contributed by atoms with E-state index in [0.29, 0.717) is 12.5 Å². The molecule has 0 aromatic rings. The average molecular weight is 297 g/mol. The molecule has 0 spiro atoms. The summed E-state index contributed by atoms with van der Waals surface area (Å²) < 4.78 is 5.45. The van der Waals surface area contributed by atoms with E-state index in [9.17, 15) is 10.1 Å². The highest BCUT2D eigenvalue weighted by atomic mass is 16.6. The molecule has 0 aliphatic carbocycles. The van der Waals surface area contributed by atoms with Crippen LogP contribution in [0.1, 0.15) is 55.4 Å². The second-order valence-corrected chi connectivity index (χ2v) is 7.75. The van der Waals surface area contributed by atoms with Crippen molar-refractivity contribution in [2.45, 2.75) is 72.6 Å². The maximum absolute atomic E-state index is 12.4. The van der Waals surface area contributed by atoms with Crippen LogP contribution in [0.4, 0.5) is 4.79 Å². The monoisotopic (exact) mass is 297 g/mol. The zero-order chi connectivity index (χ0) is 16.8. The predicted octanol–water partition coefficient (Wildman–Crippen LogP) is 3.16. The Hall–Kier alpha value is -1.28. The first-order valence-electron chi connectivity index (χ1n) is 7.50. The van der Waals surface area contributed by atoms with E-state index in [1.54, 1.807) is 4.90 Å². The number of hydrogen-bond donors (Lipinski definition) is 1. The van der Waals surface area contributed by atoms with Crippen LogP contribution in [0.2, 0.25) is 0 Å². The fourth-order valence-electron chi connectivity index (χ4n) is 1.65. The maximum atomic E-state index is 12.4. The molecule has 1 N–H and O–H groups in total. The summed E-state index contributed by atoms with van der Waals surface area (Å²) in [5, 5.41) is 12.5. The summed E-state index contributed by atoms with van der Waals surface area (Å²) in [6.45, 7) is 16.5. The molecule has 1 amide bonds. The van der Waals surface area contributed by atoms with Crippen LogP contribution in [-0.4, -0.2) is 41.3 Å². The van der Waals surface area contributed by atoms with Gasteiger partial charge in [0, 0.05) is 5.54 Å². The fraction of sp³-hybridized carbons (Fsp3) is 0.875. The van der Waals surface area contributed by atoms with E-state index in [2.05, 4.69) is 25.2 Å². The summed E-state index contributed by atoms with van der Waals surface area (Å²) in [5.74, 6) is 0.450. The number of hydrogen-bond acceptors (Lipinski definition) is 4.